The van der Waals surface area contributed by atoms with E-state index in [0.29, 0.717) is 12.3 Å². The van der Waals surface area contributed by atoms with Gasteiger partial charge in [-0.1, -0.05) is 6.07 Å². The molecule has 0 radical (unpaired) electrons. The van der Waals surface area contributed by atoms with Gasteiger partial charge in [-0.15, -0.1) is 0 Å². The van der Waals surface area contributed by atoms with Crippen LogP contribution in [0.5, 0.6) is 5.75 Å². The van der Waals surface area contributed by atoms with Crippen LogP contribution in [-0.4, -0.2) is 25.9 Å². The standard InChI is InChI=1S/C11H14FNO3/c1-2-15-10-8(4-3-5-9(10)13)11(14)16-7-6-12/h3-5H,2,6-7,13H2,1H3. The van der Waals surface area contributed by atoms with Gasteiger partial charge in [0.25, 0.3) is 0 Å². The zero-order valence-corrected chi connectivity index (χ0v) is 9.03. The van der Waals surface area contributed by atoms with Crippen molar-refractivity contribution in [3.63, 3.8) is 0 Å². The average molecular weight is 227 g/mol. The van der Waals surface area contributed by atoms with Crippen molar-refractivity contribution in [2.24, 2.45) is 0 Å². The van der Waals surface area contributed by atoms with Crippen LogP contribution in [0.2, 0.25) is 0 Å². The minimum absolute atomic E-state index is 0.218. The molecule has 0 saturated heterocycles. The monoisotopic (exact) mass is 227 g/mol. The van der Waals surface area contributed by atoms with E-state index in [0.717, 1.165) is 0 Å². The summed E-state index contributed by atoms with van der Waals surface area (Å²) in [5, 5.41) is 0. The molecule has 88 valence electrons. The highest BCUT2D eigenvalue weighted by atomic mass is 19.1. The maximum absolute atomic E-state index is 11.9. The topological polar surface area (TPSA) is 61.5 Å². The second kappa shape index (κ2) is 5.95. The number of ether oxygens (including phenoxy) is 2. The first kappa shape index (κ1) is 12.3. The summed E-state index contributed by atoms with van der Waals surface area (Å²) in [6.45, 7) is 1.19. The molecule has 0 fully saturated rings. The van der Waals surface area contributed by atoms with Gasteiger partial charge in [0.15, 0.2) is 5.75 Å². The summed E-state index contributed by atoms with van der Waals surface area (Å²) in [6.07, 6.45) is 0. The van der Waals surface area contributed by atoms with Crippen LogP contribution in [0.4, 0.5) is 10.1 Å². The molecule has 0 unspecified atom stereocenters. The quantitative estimate of drug-likeness (QED) is 0.615. The highest BCUT2D eigenvalue weighted by Crippen LogP contribution is 2.26. The molecular formula is C11H14FNO3. The largest absolute Gasteiger partial charge is 0.491 e. The molecule has 0 aromatic heterocycles. The number of benzene rings is 1. The Bertz CT molecular complexity index is 368. The summed E-state index contributed by atoms with van der Waals surface area (Å²) in [4.78, 5) is 11.5. The van der Waals surface area contributed by atoms with Crippen LogP contribution in [0.15, 0.2) is 18.2 Å². The predicted octanol–water partition coefficient (Wildman–Crippen LogP) is 1.79. The molecule has 1 rings (SSSR count). The van der Waals surface area contributed by atoms with Gasteiger partial charge in [-0.25, -0.2) is 9.18 Å². The van der Waals surface area contributed by atoms with Gasteiger partial charge in [0, 0.05) is 0 Å². The lowest BCUT2D eigenvalue weighted by Gasteiger charge is -2.11. The highest BCUT2D eigenvalue weighted by molar-refractivity contribution is 5.94. The van der Waals surface area contributed by atoms with Crippen LogP contribution in [0.1, 0.15) is 17.3 Å². The third-order valence-corrected chi connectivity index (χ3v) is 1.86. The molecular weight excluding hydrogens is 213 g/mol. The van der Waals surface area contributed by atoms with Crippen LogP contribution < -0.4 is 10.5 Å². The maximum atomic E-state index is 11.9. The molecule has 0 amide bonds. The van der Waals surface area contributed by atoms with E-state index in [2.05, 4.69) is 4.74 Å². The van der Waals surface area contributed by atoms with Crippen molar-refractivity contribution in [1.29, 1.82) is 0 Å². The highest BCUT2D eigenvalue weighted by Gasteiger charge is 2.15. The molecule has 4 nitrogen and oxygen atoms in total. The normalized spacial score (nSPS) is 9.88. The molecule has 0 bridgehead atoms. The number of hydrogen-bond acceptors (Lipinski definition) is 4. The van der Waals surface area contributed by atoms with E-state index < -0.39 is 12.6 Å². The van der Waals surface area contributed by atoms with Crippen molar-refractivity contribution in [2.75, 3.05) is 25.6 Å². The van der Waals surface area contributed by atoms with Crippen LogP contribution in [0.3, 0.4) is 0 Å². The Labute approximate surface area is 93.2 Å². The molecule has 2 N–H and O–H groups in total. The molecule has 0 saturated carbocycles. The number of alkyl halides is 1. The van der Waals surface area contributed by atoms with Gasteiger partial charge in [0.05, 0.1) is 12.3 Å². The van der Waals surface area contributed by atoms with Gasteiger partial charge in [-0.05, 0) is 19.1 Å². The summed E-state index contributed by atoms with van der Waals surface area (Å²) < 4.78 is 21.8. The van der Waals surface area contributed by atoms with Gasteiger partial charge >= 0.3 is 5.97 Å². The van der Waals surface area contributed by atoms with E-state index >= 15 is 0 Å². The molecule has 5 heteroatoms. The van der Waals surface area contributed by atoms with E-state index in [1.54, 1.807) is 19.1 Å². The van der Waals surface area contributed by atoms with Gasteiger partial charge in [-0.3, -0.25) is 0 Å². The van der Waals surface area contributed by atoms with E-state index in [1.807, 2.05) is 0 Å². The zero-order valence-electron chi connectivity index (χ0n) is 9.03. The third-order valence-electron chi connectivity index (χ3n) is 1.86. The van der Waals surface area contributed by atoms with Crippen molar-refractivity contribution >= 4 is 11.7 Å². The molecule has 0 aliphatic carbocycles. The minimum atomic E-state index is -0.710. The SMILES string of the molecule is CCOc1c(N)cccc1C(=O)OCCF. The Balaban J connectivity index is 2.93. The number of nitrogens with two attached hydrogens (primary N) is 1. The summed E-state index contributed by atoms with van der Waals surface area (Å²) in [7, 11) is 0. The maximum Gasteiger partial charge on any atom is 0.342 e. The fourth-order valence-corrected chi connectivity index (χ4v) is 1.23. The number of carbonyl (C=O) groups is 1. The predicted molar refractivity (Wildman–Crippen MR) is 58.3 cm³/mol. The summed E-state index contributed by atoms with van der Waals surface area (Å²) in [6, 6.07) is 4.77. The van der Waals surface area contributed by atoms with Gasteiger partial charge in [0.1, 0.15) is 18.8 Å². The lowest BCUT2D eigenvalue weighted by molar-refractivity contribution is 0.0477. The van der Waals surface area contributed by atoms with Crippen molar-refractivity contribution in [3.8, 4) is 5.75 Å². The fourth-order valence-electron chi connectivity index (χ4n) is 1.23. The number of esters is 1. The Morgan fingerprint density at radius 1 is 1.50 bits per heavy atom. The fraction of sp³-hybridized carbons (Fsp3) is 0.364. The van der Waals surface area contributed by atoms with Crippen molar-refractivity contribution in [1.82, 2.24) is 0 Å². The average Bonchev–Trinajstić information content (AvgIpc) is 2.29. The Morgan fingerprint density at radius 3 is 2.88 bits per heavy atom. The molecule has 0 aliphatic rings. The lowest BCUT2D eigenvalue weighted by atomic mass is 10.2. The second-order valence-electron chi connectivity index (χ2n) is 2.98. The van der Waals surface area contributed by atoms with E-state index in [-0.39, 0.29) is 17.9 Å². The number of anilines is 1. The van der Waals surface area contributed by atoms with Crippen molar-refractivity contribution < 1.29 is 18.7 Å². The second-order valence-corrected chi connectivity index (χ2v) is 2.98. The van der Waals surface area contributed by atoms with Crippen molar-refractivity contribution in [3.05, 3.63) is 23.8 Å². The lowest BCUT2D eigenvalue weighted by Crippen LogP contribution is -2.11. The van der Waals surface area contributed by atoms with Crippen LogP contribution in [0, 0.1) is 0 Å². The first-order valence-electron chi connectivity index (χ1n) is 4.95. The first-order valence-corrected chi connectivity index (χ1v) is 4.95. The summed E-state index contributed by atoms with van der Waals surface area (Å²) in [5.41, 5.74) is 6.24. The first-order chi connectivity index (χ1) is 7.70. The molecule has 16 heavy (non-hydrogen) atoms. The van der Waals surface area contributed by atoms with Crippen LogP contribution >= 0.6 is 0 Å². The summed E-state index contributed by atoms with van der Waals surface area (Å²) in [5.74, 6) is -0.345. The van der Waals surface area contributed by atoms with Crippen LogP contribution in [-0.2, 0) is 4.74 Å². The Morgan fingerprint density at radius 2 is 2.25 bits per heavy atom. The Hall–Kier alpha value is -1.78. The minimum Gasteiger partial charge on any atom is -0.491 e. The molecule has 0 atom stereocenters. The smallest absolute Gasteiger partial charge is 0.342 e. The molecule has 0 spiro atoms. The molecule has 1 aromatic rings. The zero-order chi connectivity index (χ0) is 12.0. The number of carbonyl (C=O) groups excluding carboxylic acids is 1. The Kier molecular flexibility index (Phi) is 4.57. The number of nitrogen functional groups attached to an aromatic ring is 1. The molecule has 1 aromatic carbocycles. The third kappa shape index (κ3) is 2.85. The van der Waals surface area contributed by atoms with E-state index in [1.165, 1.54) is 6.07 Å². The van der Waals surface area contributed by atoms with E-state index in [9.17, 15) is 9.18 Å². The molecule has 0 aliphatic heterocycles. The van der Waals surface area contributed by atoms with Crippen molar-refractivity contribution in [2.45, 2.75) is 6.92 Å². The molecule has 0 heterocycles. The number of rotatable bonds is 5. The van der Waals surface area contributed by atoms with Gasteiger partial charge < -0.3 is 15.2 Å². The van der Waals surface area contributed by atoms with E-state index in [4.69, 9.17) is 10.5 Å². The van der Waals surface area contributed by atoms with Crippen LogP contribution in [0.25, 0.3) is 0 Å². The summed E-state index contributed by atoms with van der Waals surface area (Å²) >= 11 is 0. The number of hydrogen-bond donors (Lipinski definition) is 1. The van der Waals surface area contributed by atoms with Gasteiger partial charge in [0.2, 0.25) is 0 Å². The number of halogens is 1. The number of para-hydroxylation sites is 1. The van der Waals surface area contributed by atoms with Gasteiger partial charge in [-0.2, -0.15) is 0 Å².